The summed E-state index contributed by atoms with van der Waals surface area (Å²) in [6, 6.07) is 0. The smallest absolute Gasteiger partial charge is 0.389 e. The minimum atomic E-state index is -4.19. The van der Waals surface area contributed by atoms with Crippen molar-refractivity contribution in [3.8, 4) is 0 Å². The number of esters is 3. The molecule has 0 amide bonds. The highest BCUT2D eigenvalue weighted by Gasteiger charge is 2.42. The van der Waals surface area contributed by atoms with Crippen molar-refractivity contribution in [3.63, 3.8) is 0 Å². The summed E-state index contributed by atoms with van der Waals surface area (Å²) in [7, 11) is 0. The molecule has 1 unspecified atom stereocenters. The Kier molecular flexibility index (Phi) is 12.9. The van der Waals surface area contributed by atoms with Crippen LogP contribution in [-0.4, -0.2) is 43.9 Å². The van der Waals surface area contributed by atoms with Crippen LogP contribution in [0.15, 0.2) is 12.7 Å². The summed E-state index contributed by atoms with van der Waals surface area (Å²) in [5.74, 6) is -1.76. The highest BCUT2D eigenvalue weighted by atomic mass is 19.4. The zero-order valence-corrected chi connectivity index (χ0v) is 21.4. The quantitative estimate of drug-likeness (QED) is 0.117. The van der Waals surface area contributed by atoms with Gasteiger partial charge in [-0.2, -0.15) is 13.2 Å². The minimum absolute atomic E-state index is 0.0114. The maximum Gasteiger partial charge on any atom is 0.389 e. The second kappa shape index (κ2) is 13.7. The lowest BCUT2D eigenvalue weighted by atomic mass is 9.69. The molecular weight excluding hydrogens is 453 g/mol. The molecule has 6 nitrogen and oxygen atoms in total. The van der Waals surface area contributed by atoms with Crippen LogP contribution < -0.4 is 0 Å². The average Bonchev–Trinajstić information content (AvgIpc) is 2.71. The molecule has 0 N–H and O–H groups in total. The Morgan fingerprint density at radius 2 is 1.44 bits per heavy atom. The fraction of sp³-hybridized carbons (Fsp3) is 0.800. The molecule has 0 aliphatic heterocycles. The molecule has 0 saturated carbocycles. The van der Waals surface area contributed by atoms with Crippen molar-refractivity contribution in [3.05, 3.63) is 12.7 Å². The molecule has 0 rings (SSSR count). The van der Waals surface area contributed by atoms with Crippen LogP contribution in [0.25, 0.3) is 0 Å². The lowest BCUT2D eigenvalue weighted by Gasteiger charge is -2.36. The van der Waals surface area contributed by atoms with Gasteiger partial charge in [0.25, 0.3) is 0 Å². The number of allylic oxidation sites excluding steroid dienone is 1. The lowest BCUT2D eigenvalue weighted by molar-refractivity contribution is -0.169. The zero-order chi connectivity index (χ0) is 26.6. The fourth-order valence-corrected chi connectivity index (χ4v) is 2.96. The molecule has 0 aliphatic rings. The summed E-state index contributed by atoms with van der Waals surface area (Å²) in [6.45, 7) is 14.3. The third-order valence-corrected chi connectivity index (χ3v) is 6.53. The van der Waals surface area contributed by atoms with Crippen LogP contribution in [0, 0.1) is 16.2 Å². The van der Waals surface area contributed by atoms with Crippen molar-refractivity contribution in [1.29, 1.82) is 0 Å². The Balaban J connectivity index is 4.69. The lowest BCUT2D eigenvalue weighted by Crippen LogP contribution is -2.40. The Labute approximate surface area is 201 Å². The van der Waals surface area contributed by atoms with Gasteiger partial charge in [-0.25, -0.2) is 4.79 Å². The molecule has 0 aromatic heterocycles. The van der Waals surface area contributed by atoms with E-state index in [-0.39, 0.29) is 50.3 Å². The number of halogens is 3. The molecule has 198 valence electrons. The summed E-state index contributed by atoms with van der Waals surface area (Å²) < 4.78 is 51.9. The van der Waals surface area contributed by atoms with Gasteiger partial charge in [-0.05, 0) is 57.8 Å². The molecule has 0 bridgehead atoms. The number of rotatable bonds is 15. The van der Waals surface area contributed by atoms with Crippen LogP contribution >= 0.6 is 0 Å². The first-order chi connectivity index (χ1) is 15.5. The molecule has 0 radical (unpaired) electrons. The van der Waals surface area contributed by atoms with Gasteiger partial charge >= 0.3 is 24.1 Å². The first-order valence-corrected chi connectivity index (χ1v) is 11.7. The van der Waals surface area contributed by atoms with E-state index in [4.69, 9.17) is 14.2 Å². The highest BCUT2D eigenvalue weighted by Crippen LogP contribution is 2.39. The summed E-state index contributed by atoms with van der Waals surface area (Å²) in [5.41, 5.74) is -2.05. The van der Waals surface area contributed by atoms with Gasteiger partial charge in [-0.3, -0.25) is 9.59 Å². The maximum absolute atomic E-state index is 12.8. The van der Waals surface area contributed by atoms with Gasteiger partial charge in [0.15, 0.2) is 6.61 Å². The predicted octanol–water partition coefficient (Wildman–Crippen LogP) is 6.17. The van der Waals surface area contributed by atoms with Crippen molar-refractivity contribution in [2.45, 2.75) is 92.7 Å². The molecule has 0 fully saturated rings. The first kappa shape index (κ1) is 31.9. The SMILES string of the molecule is C=CCC(CC)(CCOC(=O)C(C)(C)C(C)(C)C)C(=O)OCC(=O)OCCCCCC(F)(F)F. The molecule has 0 aromatic carbocycles. The molecule has 0 spiro atoms. The van der Waals surface area contributed by atoms with E-state index in [9.17, 15) is 27.6 Å². The van der Waals surface area contributed by atoms with Crippen molar-refractivity contribution in [1.82, 2.24) is 0 Å². The average molecular weight is 495 g/mol. The van der Waals surface area contributed by atoms with E-state index < -0.39 is 42.0 Å². The number of hydrogen-bond donors (Lipinski definition) is 0. The Bertz CT molecular complexity index is 679. The van der Waals surface area contributed by atoms with Crippen LogP contribution in [0.5, 0.6) is 0 Å². The van der Waals surface area contributed by atoms with Gasteiger partial charge in [0, 0.05) is 6.42 Å². The topological polar surface area (TPSA) is 78.9 Å². The molecule has 0 aliphatic carbocycles. The summed E-state index contributed by atoms with van der Waals surface area (Å²) in [6.07, 6.45) is -2.10. The Hall–Kier alpha value is -2.06. The number of ether oxygens (including phenoxy) is 3. The van der Waals surface area contributed by atoms with E-state index in [1.807, 2.05) is 34.6 Å². The highest BCUT2D eigenvalue weighted by molar-refractivity contribution is 5.81. The molecule has 0 heterocycles. The molecular formula is C25H41F3O6. The second-order valence-electron chi connectivity index (χ2n) is 10.1. The number of carbonyl (C=O) groups excluding carboxylic acids is 3. The third kappa shape index (κ3) is 10.9. The van der Waals surface area contributed by atoms with Gasteiger partial charge in [-0.1, -0.05) is 33.8 Å². The van der Waals surface area contributed by atoms with Crippen LogP contribution in [0.4, 0.5) is 13.2 Å². The van der Waals surface area contributed by atoms with Gasteiger partial charge in [0.05, 0.1) is 24.0 Å². The van der Waals surface area contributed by atoms with E-state index >= 15 is 0 Å². The maximum atomic E-state index is 12.8. The molecule has 9 heteroatoms. The van der Waals surface area contributed by atoms with Crippen LogP contribution in [-0.2, 0) is 28.6 Å². The molecule has 0 saturated heterocycles. The number of carbonyl (C=O) groups is 3. The van der Waals surface area contributed by atoms with E-state index in [0.717, 1.165) is 0 Å². The first-order valence-electron chi connectivity index (χ1n) is 11.7. The van der Waals surface area contributed by atoms with Gasteiger partial charge in [0.1, 0.15) is 0 Å². The molecule has 0 aromatic rings. The standard InChI is InChI=1S/C25H41F3O6/c1-8-13-24(9-2,15-17-33-20(30)23(6,7)22(3,4)5)21(31)34-18-19(29)32-16-12-10-11-14-25(26,27)28/h8H,1,9-18H2,2-7H3. The van der Waals surface area contributed by atoms with Gasteiger partial charge in [-0.15, -0.1) is 6.58 Å². The zero-order valence-electron chi connectivity index (χ0n) is 21.4. The third-order valence-electron chi connectivity index (χ3n) is 6.53. The van der Waals surface area contributed by atoms with Crippen LogP contribution in [0.2, 0.25) is 0 Å². The summed E-state index contributed by atoms with van der Waals surface area (Å²) in [5, 5.41) is 0. The summed E-state index contributed by atoms with van der Waals surface area (Å²) >= 11 is 0. The van der Waals surface area contributed by atoms with Crippen LogP contribution in [0.3, 0.4) is 0 Å². The van der Waals surface area contributed by atoms with Crippen molar-refractivity contribution in [2.75, 3.05) is 19.8 Å². The van der Waals surface area contributed by atoms with Crippen molar-refractivity contribution >= 4 is 17.9 Å². The number of alkyl halides is 3. The monoisotopic (exact) mass is 494 g/mol. The Morgan fingerprint density at radius 1 is 0.824 bits per heavy atom. The molecule has 34 heavy (non-hydrogen) atoms. The molecule has 1 atom stereocenters. The predicted molar refractivity (Wildman–Crippen MR) is 123 cm³/mol. The van der Waals surface area contributed by atoms with E-state index in [1.54, 1.807) is 13.0 Å². The number of hydrogen-bond acceptors (Lipinski definition) is 6. The van der Waals surface area contributed by atoms with Crippen molar-refractivity contribution in [2.24, 2.45) is 16.2 Å². The van der Waals surface area contributed by atoms with E-state index in [2.05, 4.69) is 6.58 Å². The summed E-state index contributed by atoms with van der Waals surface area (Å²) in [4.78, 5) is 37.2. The minimum Gasteiger partial charge on any atom is -0.465 e. The second-order valence-corrected chi connectivity index (χ2v) is 10.1. The van der Waals surface area contributed by atoms with Crippen molar-refractivity contribution < 1.29 is 41.8 Å². The normalized spacial score (nSPS) is 14.1. The fourth-order valence-electron chi connectivity index (χ4n) is 2.96. The Morgan fingerprint density at radius 3 is 1.94 bits per heavy atom. The largest absolute Gasteiger partial charge is 0.465 e. The van der Waals surface area contributed by atoms with E-state index in [1.165, 1.54) is 0 Å². The van der Waals surface area contributed by atoms with Gasteiger partial charge in [0.2, 0.25) is 0 Å². The number of unbranched alkanes of at least 4 members (excludes halogenated alkanes) is 2. The van der Waals surface area contributed by atoms with Gasteiger partial charge < -0.3 is 14.2 Å². The van der Waals surface area contributed by atoms with Crippen LogP contribution in [0.1, 0.15) is 86.5 Å². The van der Waals surface area contributed by atoms with E-state index in [0.29, 0.717) is 12.8 Å².